The normalized spacial score (nSPS) is 20.1. The lowest BCUT2D eigenvalue weighted by Crippen LogP contribution is -2.45. The summed E-state index contributed by atoms with van der Waals surface area (Å²) in [4.78, 5) is 23.0. The molecule has 0 spiro atoms. The topological polar surface area (TPSA) is 66.4 Å². The van der Waals surface area contributed by atoms with E-state index in [1.807, 2.05) is 13.8 Å². The highest BCUT2D eigenvalue weighted by Crippen LogP contribution is 2.26. The molecule has 2 atom stereocenters. The molecule has 0 heterocycles. The molecule has 0 aliphatic heterocycles. The second-order valence-electron chi connectivity index (χ2n) is 5.48. The maximum Gasteiger partial charge on any atom is 0.326 e. The standard InChI is InChI=1S/C14H25NO3/c1-3-10(2)13(14(17)18)15-12(16)9-11-7-5-4-6-8-11/h10-11,13H,3-9H2,1-2H3,(H,15,16)(H,17,18)/t10?,13-/m0/s1. The summed E-state index contributed by atoms with van der Waals surface area (Å²) in [6.07, 6.45) is 7.12. The summed E-state index contributed by atoms with van der Waals surface area (Å²) in [6.45, 7) is 3.80. The van der Waals surface area contributed by atoms with E-state index in [1.165, 1.54) is 19.3 Å². The zero-order valence-corrected chi connectivity index (χ0v) is 11.4. The first-order valence-corrected chi connectivity index (χ1v) is 7.06. The van der Waals surface area contributed by atoms with Crippen molar-refractivity contribution in [2.45, 2.75) is 64.8 Å². The zero-order chi connectivity index (χ0) is 13.5. The molecular formula is C14H25NO3. The Morgan fingerprint density at radius 2 is 1.89 bits per heavy atom. The summed E-state index contributed by atoms with van der Waals surface area (Å²) in [5, 5.41) is 11.8. The first-order chi connectivity index (χ1) is 8.54. The molecule has 1 unspecified atom stereocenters. The molecule has 18 heavy (non-hydrogen) atoms. The number of carboxylic acid groups (broad SMARTS) is 1. The number of aliphatic carboxylic acids is 1. The Labute approximate surface area is 109 Å². The molecule has 4 nitrogen and oxygen atoms in total. The first-order valence-electron chi connectivity index (χ1n) is 7.06. The molecule has 4 heteroatoms. The maximum absolute atomic E-state index is 11.9. The third kappa shape index (κ3) is 4.67. The van der Waals surface area contributed by atoms with Crippen molar-refractivity contribution in [3.63, 3.8) is 0 Å². The first kappa shape index (κ1) is 15.0. The van der Waals surface area contributed by atoms with Crippen molar-refractivity contribution in [3.8, 4) is 0 Å². The zero-order valence-electron chi connectivity index (χ0n) is 11.4. The monoisotopic (exact) mass is 255 g/mol. The van der Waals surface area contributed by atoms with Crippen LogP contribution in [0.15, 0.2) is 0 Å². The lowest BCUT2D eigenvalue weighted by molar-refractivity contribution is -0.143. The molecule has 1 amide bonds. The molecule has 1 fully saturated rings. The molecule has 104 valence electrons. The minimum Gasteiger partial charge on any atom is -0.480 e. The number of amides is 1. The van der Waals surface area contributed by atoms with E-state index in [0.717, 1.165) is 19.3 Å². The molecule has 0 aromatic heterocycles. The summed E-state index contributed by atoms with van der Waals surface area (Å²) in [5.74, 6) is -0.612. The van der Waals surface area contributed by atoms with Crippen LogP contribution in [0.4, 0.5) is 0 Å². The van der Waals surface area contributed by atoms with Crippen molar-refractivity contribution in [1.82, 2.24) is 5.32 Å². The molecular weight excluding hydrogens is 230 g/mol. The van der Waals surface area contributed by atoms with Crippen LogP contribution in [0.3, 0.4) is 0 Å². The fraction of sp³-hybridized carbons (Fsp3) is 0.857. The van der Waals surface area contributed by atoms with Gasteiger partial charge in [0.1, 0.15) is 6.04 Å². The fourth-order valence-electron chi connectivity index (χ4n) is 2.57. The highest BCUT2D eigenvalue weighted by Gasteiger charge is 2.26. The van der Waals surface area contributed by atoms with Crippen LogP contribution in [0.5, 0.6) is 0 Å². The predicted octanol–water partition coefficient (Wildman–Crippen LogP) is 2.57. The van der Waals surface area contributed by atoms with E-state index >= 15 is 0 Å². The molecule has 0 saturated heterocycles. The third-order valence-corrected chi connectivity index (χ3v) is 3.99. The van der Waals surface area contributed by atoms with Crippen LogP contribution in [-0.2, 0) is 9.59 Å². The van der Waals surface area contributed by atoms with Gasteiger partial charge in [-0.25, -0.2) is 4.79 Å². The minimum absolute atomic E-state index is 0.0298. The Kier molecular flexibility index (Phi) is 6.16. The molecule has 1 rings (SSSR count). The van der Waals surface area contributed by atoms with Crippen LogP contribution in [0, 0.1) is 11.8 Å². The van der Waals surface area contributed by atoms with Gasteiger partial charge in [0.05, 0.1) is 0 Å². The smallest absolute Gasteiger partial charge is 0.326 e. The average Bonchev–Trinajstić information content (AvgIpc) is 2.36. The summed E-state index contributed by atoms with van der Waals surface area (Å²) in [6, 6.07) is -0.744. The summed E-state index contributed by atoms with van der Waals surface area (Å²) in [5.41, 5.74) is 0. The van der Waals surface area contributed by atoms with E-state index in [1.54, 1.807) is 0 Å². The molecule has 0 bridgehead atoms. The van der Waals surface area contributed by atoms with Crippen molar-refractivity contribution in [1.29, 1.82) is 0 Å². The van der Waals surface area contributed by atoms with E-state index in [0.29, 0.717) is 12.3 Å². The summed E-state index contributed by atoms with van der Waals surface area (Å²) < 4.78 is 0. The number of rotatable bonds is 6. The van der Waals surface area contributed by atoms with Crippen molar-refractivity contribution in [3.05, 3.63) is 0 Å². The highest BCUT2D eigenvalue weighted by molar-refractivity contribution is 5.83. The van der Waals surface area contributed by atoms with Gasteiger partial charge in [0.2, 0.25) is 5.91 Å². The van der Waals surface area contributed by atoms with Gasteiger partial charge < -0.3 is 10.4 Å². The van der Waals surface area contributed by atoms with Crippen molar-refractivity contribution < 1.29 is 14.7 Å². The maximum atomic E-state index is 11.9. The lowest BCUT2D eigenvalue weighted by Gasteiger charge is -2.24. The third-order valence-electron chi connectivity index (χ3n) is 3.99. The fourth-order valence-corrected chi connectivity index (χ4v) is 2.57. The average molecular weight is 255 g/mol. The SMILES string of the molecule is CCC(C)[C@H](NC(=O)CC1CCCCC1)C(=O)O. The Morgan fingerprint density at radius 3 is 2.39 bits per heavy atom. The van der Waals surface area contributed by atoms with Gasteiger partial charge in [-0.2, -0.15) is 0 Å². The molecule has 0 aromatic rings. The second-order valence-corrected chi connectivity index (χ2v) is 5.48. The lowest BCUT2D eigenvalue weighted by atomic mass is 9.86. The number of hydrogen-bond donors (Lipinski definition) is 2. The van der Waals surface area contributed by atoms with Gasteiger partial charge in [0, 0.05) is 6.42 Å². The van der Waals surface area contributed by atoms with E-state index in [4.69, 9.17) is 5.11 Å². The van der Waals surface area contributed by atoms with Crippen molar-refractivity contribution in [2.24, 2.45) is 11.8 Å². The number of hydrogen-bond acceptors (Lipinski definition) is 2. The molecule has 0 aromatic carbocycles. The molecule has 1 saturated carbocycles. The van der Waals surface area contributed by atoms with Gasteiger partial charge in [-0.1, -0.05) is 39.5 Å². The van der Waals surface area contributed by atoms with Crippen LogP contribution < -0.4 is 5.32 Å². The van der Waals surface area contributed by atoms with Crippen LogP contribution in [-0.4, -0.2) is 23.0 Å². The number of nitrogens with one attached hydrogen (secondary N) is 1. The molecule has 0 radical (unpaired) electrons. The summed E-state index contributed by atoms with van der Waals surface area (Å²) >= 11 is 0. The number of carboxylic acids is 1. The number of carbonyl (C=O) groups is 2. The molecule has 2 N–H and O–H groups in total. The van der Waals surface area contributed by atoms with E-state index < -0.39 is 12.0 Å². The molecule has 1 aliphatic rings. The van der Waals surface area contributed by atoms with Crippen molar-refractivity contribution >= 4 is 11.9 Å². The summed E-state index contributed by atoms with van der Waals surface area (Å²) in [7, 11) is 0. The van der Waals surface area contributed by atoms with Crippen LogP contribution in [0.2, 0.25) is 0 Å². The van der Waals surface area contributed by atoms with Gasteiger partial charge in [-0.15, -0.1) is 0 Å². The molecule has 1 aliphatic carbocycles. The van der Waals surface area contributed by atoms with Crippen LogP contribution in [0.1, 0.15) is 58.8 Å². The van der Waals surface area contributed by atoms with Gasteiger partial charge in [0.15, 0.2) is 0 Å². The van der Waals surface area contributed by atoms with Crippen molar-refractivity contribution in [2.75, 3.05) is 0 Å². The van der Waals surface area contributed by atoms with E-state index in [9.17, 15) is 9.59 Å². The largest absolute Gasteiger partial charge is 0.480 e. The predicted molar refractivity (Wildman–Crippen MR) is 70.2 cm³/mol. The van der Waals surface area contributed by atoms with Gasteiger partial charge in [-0.3, -0.25) is 4.79 Å². The Balaban J connectivity index is 2.42. The van der Waals surface area contributed by atoms with Gasteiger partial charge >= 0.3 is 5.97 Å². The van der Waals surface area contributed by atoms with Gasteiger partial charge in [-0.05, 0) is 24.7 Å². The highest BCUT2D eigenvalue weighted by atomic mass is 16.4. The second kappa shape index (κ2) is 7.39. The van der Waals surface area contributed by atoms with Crippen LogP contribution >= 0.6 is 0 Å². The minimum atomic E-state index is -0.929. The Bertz CT molecular complexity index is 285. The Morgan fingerprint density at radius 1 is 1.28 bits per heavy atom. The Hall–Kier alpha value is -1.06. The van der Waals surface area contributed by atoms with E-state index in [2.05, 4.69) is 5.32 Å². The van der Waals surface area contributed by atoms with Crippen LogP contribution in [0.25, 0.3) is 0 Å². The van der Waals surface area contributed by atoms with E-state index in [-0.39, 0.29) is 11.8 Å². The quantitative estimate of drug-likeness (QED) is 0.766. The number of carbonyl (C=O) groups excluding carboxylic acids is 1. The van der Waals surface area contributed by atoms with Gasteiger partial charge in [0.25, 0.3) is 0 Å².